The Morgan fingerprint density at radius 1 is 1.50 bits per heavy atom. The van der Waals surface area contributed by atoms with Crippen LogP contribution in [0.5, 0.6) is 5.75 Å². The number of aryl methyl sites for hydroxylation is 1. The summed E-state index contributed by atoms with van der Waals surface area (Å²) in [5.41, 5.74) is 5.56. The molecule has 0 aliphatic heterocycles. The fraction of sp³-hybridized carbons (Fsp3) is 0.533. The maximum Gasteiger partial charge on any atom is 0.329 e. The van der Waals surface area contributed by atoms with Gasteiger partial charge in [0.25, 0.3) is 0 Å². The van der Waals surface area contributed by atoms with E-state index in [1.165, 1.54) is 6.07 Å². The van der Waals surface area contributed by atoms with Crippen molar-refractivity contribution in [2.45, 2.75) is 32.2 Å². The van der Waals surface area contributed by atoms with Crippen molar-refractivity contribution in [3.8, 4) is 5.75 Å². The lowest BCUT2D eigenvalue weighted by Crippen LogP contribution is -2.55. The van der Waals surface area contributed by atoms with E-state index in [-0.39, 0.29) is 24.9 Å². The van der Waals surface area contributed by atoms with Crippen molar-refractivity contribution in [3.05, 3.63) is 29.6 Å². The van der Waals surface area contributed by atoms with E-state index in [2.05, 4.69) is 0 Å². The molecule has 1 aromatic carbocycles. The Bertz CT molecular complexity index is 502. The van der Waals surface area contributed by atoms with Gasteiger partial charge in [0.05, 0.1) is 6.61 Å². The molecule has 1 aromatic rings. The van der Waals surface area contributed by atoms with Crippen molar-refractivity contribution in [1.29, 1.82) is 0 Å². The molecule has 110 valence electrons. The molecule has 1 atom stereocenters. The van der Waals surface area contributed by atoms with Gasteiger partial charge in [-0.15, -0.1) is 0 Å². The molecule has 0 aromatic heterocycles. The highest BCUT2D eigenvalue weighted by Gasteiger charge is 2.50. The second-order valence-electron chi connectivity index (χ2n) is 5.23. The van der Waals surface area contributed by atoms with E-state index < -0.39 is 11.5 Å². The Kier molecular flexibility index (Phi) is 4.28. The first-order valence-corrected chi connectivity index (χ1v) is 6.82. The molecular weight excluding hydrogens is 261 g/mol. The Hall–Kier alpha value is -1.62. The van der Waals surface area contributed by atoms with Crippen molar-refractivity contribution in [1.82, 2.24) is 0 Å². The van der Waals surface area contributed by atoms with Crippen LogP contribution < -0.4 is 10.5 Å². The molecule has 0 heterocycles. The molecule has 0 bridgehead atoms. The fourth-order valence-electron chi connectivity index (χ4n) is 2.07. The van der Waals surface area contributed by atoms with Crippen molar-refractivity contribution >= 4 is 5.97 Å². The van der Waals surface area contributed by atoms with Crippen LogP contribution in [0.4, 0.5) is 4.39 Å². The molecule has 0 saturated heterocycles. The number of rotatable bonds is 6. The predicted octanol–water partition coefficient (Wildman–Crippen LogP) is 2.18. The standard InChI is InChI=1S/C15H20FNO3/c1-3-19-14(18)15(17,11-5-6-11)9-20-12-7-4-10(2)13(16)8-12/h4,7-8,11H,3,5-6,9,17H2,1-2H3. The normalized spacial score (nSPS) is 17.4. The van der Waals surface area contributed by atoms with Gasteiger partial charge in [-0.3, -0.25) is 0 Å². The van der Waals surface area contributed by atoms with Crippen LogP contribution in [-0.4, -0.2) is 24.7 Å². The third-order valence-electron chi connectivity index (χ3n) is 3.58. The van der Waals surface area contributed by atoms with E-state index in [0.717, 1.165) is 12.8 Å². The second kappa shape index (κ2) is 5.79. The van der Waals surface area contributed by atoms with Crippen LogP contribution in [0.3, 0.4) is 0 Å². The lowest BCUT2D eigenvalue weighted by molar-refractivity contribution is -0.151. The summed E-state index contributed by atoms with van der Waals surface area (Å²) in [6.45, 7) is 3.69. The van der Waals surface area contributed by atoms with Gasteiger partial charge in [0, 0.05) is 6.07 Å². The molecule has 4 nitrogen and oxygen atoms in total. The third kappa shape index (κ3) is 3.10. The van der Waals surface area contributed by atoms with Crippen LogP contribution >= 0.6 is 0 Å². The molecule has 2 rings (SSSR count). The van der Waals surface area contributed by atoms with Crippen LogP contribution in [0.2, 0.25) is 0 Å². The van der Waals surface area contributed by atoms with Gasteiger partial charge >= 0.3 is 5.97 Å². The zero-order chi connectivity index (χ0) is 14.8. The van der Waals surface area contributed by atoms with Crippen LogP contribution in [0, 0.1) is 18.7 Å². The molecule has 1 saturated carbocycles. The van der Waals surface area contributed by atoms with Crippen LogP contribution in [0.1, 0.15) is 25.3 Å². The maximum absolute atomic E-state index is 13.4. The number of benzene rings is 1. The van der Waals surface area contributed by atoms with Crippen molar-refractivity contribution in [2.24, 2.45) is 11.7 Å². The van der Waals surface area contributed by atoms with Crippen molar-refractivity contribution in [3.63, 3.8) is 0 Å². The van der Waals surface area contributed by atoms with Gasteiger partial charge in [0.15, 0.2) is 5.54 Å². The topological polar surface area (TPSA) is 61.5 Å². The Morgan fingerprint density at radius 2 is 2.20 bits per heavy atom. The summed E-state index contributed by atoms with van der Waals surface area (Å²) in [7, 11) is 0. The predicted molar refractivity (Wildman–Crippen MR) is 72.9 cm³/mol. The zero-order valence-electron chi connectivity index (χ0n) is 11.8. The lowest BCUT2D eigenvalue weighted by Gasteiger charge is -2.27. The molecule has 5 heteroatoms. The van der Waals surface area contributed by atoms with Gasteiger partial charge in [-0.1, -0.05) is 6.07 Å². The number of hydrogen-bond donors (Lipinski definition) is 1. The third-order valence-corrected chi connectivity index (χ3v) is 3.58. The minimum Gasteiger partial charge on any atom is -0.491 e. The first-order valence-electron chi connectivity index (χ1n) is 6.82. The molecule has 1 fully saturated rings. The van der Waals surface area contributed by atoms with E-state index in [4.69, 9.17) is 15.2 Å². The van der Waals surface area contributed by atoms with Crippen LogP contribution in [0.25, 0.3) is 0 Å². The highest BCUT2D eigenvalue weighted by Crippen LogP contribution is 2.39. The number of halogens is 1. The van der Waals surface area contributed by atoms with Gasteiger partial charge in [0.1, 0.15) is 18.2 Å². The molecule has 0 radical (unpaired) electrons. The summed E-state index contributed by atoms with van der Waals surface area (Å²) < 4.78 is 24.0. The molecule has 2 N–H and O–H groups in total. The molecule has 1 aliphatic rings. The molecule has 0 amide bonds. The molecule has 20 heavy (non-hydrogen) atoms. The molecule has 1 aliphatic carbocycles. The SMILES string of the molecule is CCOC(=O)C(N)(COc1ccc(C)c(F)c1)C1CC1. The minimum absolute atomic E-state index is 0.000991. The number of nitrogens with two attached hydrogens (primary N) is 1. The first kappa shape index (κ1) is 14.8. The number of hydrogen-bond acceptors (Lipinski definition) is 4. The highest BCUT2D eigenvalue weighted by molar-refractivity contribution is 5.81. The first-order chi connectivity index (χ1) is 9.47. The molecular formula is C15H20FNO3. The Balaban J connectivity index is 2.05. The average Bonchev–Trinajstić information content (AvgIpc) is 3.25. The van der Waals surface area contributed by atoms with E-state index in [1.54, 1.807) is 26.0 Å². The number of ether oxygens (including phenoxy) is 2. The average molecular weight is 281 g/mol. The van der Waals surface area contributed by atoms with Crippen LogP contribution in [-0.2, 0) is 9.53 Å². The molecule has 1 unspecified atom stereocenters. The van der Waals surface area contributed by atoms with Crippen molar-refractivity contribution < 1.29 is 18.7 Å². The fourth-order valence-corrected chi connectivity index (χ4v) is 2.07. The lowest BCUT2D eigenvalue weighted by atomic mass is 9.96. The monoisotopic (exact) mass is 281 g/mol. The van der Waals surface area contributed by atoms with Crippen molar-refractivity contribution in [2.75, 3.05) is 13.2 Å². The van der Waals surface area contributed by atoms with Gasteiger partial charge in [-0.2, -0.15) is 0 Å². The largest absolute Gasteiger partial charge is 0.491 e. The summed E-state index contributed by atoms with van der Waals surface area (Å²) >= 11 is 0. The van der Waals surface area contributed by atoms with Gasteiger partial charge in [0.2, 0.25) is 0 Å². The Labute approximate surface area is 118 Å². The summed E-state index contributed by atoms with van der Waals surface area (Å²) in [5, 5.41) is 0. The van der Waals surface area contributed by atoms with Crippen LogP contribution in [0.15, 0.2) is 18.2 Å². The molecule has 0 spiro atoms. The maximum atomic E-state index is 13.4. The van der Waals surface area contributed by atoms with E-state index in [1.807, 2.05) is 0 Å². The number of carbonyl (C=O) groups is 1. The van der Waals surface area contributed by atoms with E-state index in [9.17, 15) is 9.18 Å². The summed E-state index contributed by atoms with van der Waals surface area (Å²) in [6.07, 6.45) is 1.78. The second-order valence-corrected chi connectivity index (χ2v) is 5.23. The van der Waals surface area contributed by atoms with Gasteiger partial charge in [-0.05, 0) is 44.2 Å². The highest BCUT2D eigenvalue weighted by atomic mass is 19.1. The Morgan fingerprint density at radius 3 is 2.75 bits per heavy atom. The number of carbonyl (C=O) groups excluding carboxylic acids is 1. The van der Waals surface area contributed by atoms with E-state index >= 15 is 0 Å². The van der Waals surface area contributed by atoms with Gasteiger partial charge < -0.3 is 15.2 Å². The summed E-state index contributed by atoms with van der Waals surface area (Å²) in [4.78, 5) is 12.0. The zero-order valence-corrected chi connectivity index (χ0v) is 11.8. The van der Waals surface area contributed by atoms with E-state index in [0.29, 0.717) is 11.3 Å². The number of esters is 1. The van der Waals surface area contributed by atoms with Gasteiger partial charge in [-0.25, -0.2) is 9.18 Å². The quantitative estimate of drug-likeness (QED) is 0.812. The summed E-state index contributed by atoms with van der Waals surface area (Å²) in [5.74, 6) is -0.340. The smallest absolute Gasteiger partial charge is 0.329 e. The minimum atomic E-state index is -1.14. The summed E-state index contributed by atoms with van der Waals surface area (Å²) in [6, 6.07) is 4.59.